The molecule has 0 aliphatic carbocycles. The zero-order chi connectivity index (χ0) is 23.2. The Balaban J connectivity index is 1.46. The smallest absolute Gasteiger partial charge is 0.271 e. The largest absolute Gasteiger partial charge is 0.506 e. The van der Waals surface area contributed by atoms with Crippen molar-refractivity contribution in [2.45, 2.75) is 13.1 Å². The Morgan fingerprint density at radius 1 is 0.970 bits per heavy atom. The van der Waals surface area contributed by atoms with Gasteiger partial charge in [-0.2, -0.15) is 5.10 Å². The number of anilines is 1. The van der Waals surface area contributed by atoms with Gasteiger partial charge in [0.1, 0.15) is 5.75 Å². The monoisotopic (exact) mass is 458 g/mol. The fraction of sp³-hybridized carbons (Fsp3) is 0.0769. The predicted molar refractivity (Wildman–Crippen MR) is 134 cm³/mol. The Hall–Kier alpha value is -3.87. The lowest BCUT2D eigenvalue weighted by Gasteiger charge is -2.11. The highest BCUT2D eigenvalue weighted by Crippen LogP contribution is 2.24. The van der Waals surface area contributed by atoms with Crippen LogP contribution in [0.1, 0.15) is 27.0 Å². The van der Waals surface area contributed by atoms with Crippen molar-refractivity contribution in [3.63, 3.8) is 0 Å². The van der Waals surface area contributed by atoms with E-state index < -0.39 is 5.91 Å². The van der Waals surface area contributed by atoms with Crippen LogP contribution < -0.4 is 16.5 Å². The number of halogens is 1. The molecule has 5 N–H and O–H groups in total. The number of carbonyl (C=O) groups excluding carboxylic acids is 1. The number of fused-ring (bicyclic) bond motifs is 1. The van der Waals surface area contributed by atoms with Crippen molar-refractivity contribution >= 4 is 40.2 Å². The molecule has 166 valence electrons. The molecule has 0 atom stereocenters. The van der Waals surface area contributed by atoms with Crippen molar-refractivity contribution in [1.82, 2.24) is 10.7 Å². The van der Waals surface area contributed by atoms with Crippen molar-refractivity contribution in [3.05, 3.63) is 106 Å². The molecule has 0 aliphatic heterocycles. The van der Waals surface area contributed by atoms with E-state index in [-0.39, 0.29) is 10.8 Å². The Labute approximate surface area is 196 Å². The van der Waals surface area contributed by atoms with E-state index in [1.54, 1.807) is 6.21 Å². The minimum atomic E-state index is -0.417. The molecule has 0 radical (unpaired) electrons. The highest BCUT2D eigenvalue weighted by molar-refractivity contribution is 6.32. The first-order chi connectivity index (χ1) is 16.0. The number of carbonyl (C=O) groups is 1. The van der Waals surface area contributed by atoms with Gasteiger partial charge in [0.05, 0.1) is 11.2 Å². The number of benzene rings is 4. The van der Waals surface area contributed by atoms with Gasteiger partial charge >= 0.3 is 0 Å². The number of hydrogen-bond donors (Lipinski definition) is 4. The number of hydrogen-bond acceptors (Lipinski definition) is 5. The molecule has 0 aromatic heterocycles. The average molecular weight is 459 g/mol. The van der Waals surface area contributed by atoms with Crippen LogP contribution in [0.4, 0.5) is 5.69 Å². The van der Waals surface area contributed by atoms with Gasteiger partial charge in [0.2, 0.25) is 0 Å². The second kappa shape index (κ2) is 10.2. The number of nitrogen functional groups attached to an aromatic ring is 1. The third-order valence-corrected chi connectivity index (χ3v) is 5.53. The van der Waals surface area contributed by atoms with Crippen molar-refractivity contribution < 1.29 is 9.90 Å². The van der Waals surface area contributed by atoms with E-state index in [0.29, 0.717) is 12.1 Å². The molecule has 0 spiro atoms. The third-order valence-electron chi connectivity index (χ3n) is 5.22. The number of nitrogens with one attached hydrogen (secondary N) is 2. The van der Waals surface area contributed by atoms with Gasteiger partial charge < -0.3 is 16.2 Å². The van der Waals surface area contributed by atoms with Crippen LogP contribution in [0.2, 0.25) is 5.02 Å². The summed E-state index contributed by atoms with van der Waals surface area (Å²) < 4.78 is 0. The molecule has 0 unspecified atom stereocenters. The number of nitrogens with two attached hydrogens (primary N) is 1. The Kier molecular flexibility index (Phi) is 6.88. The van der Waals surface area contributed by atoms with Gasteiger partial charge in [-0.3, -0.25) is 4.79 Å². The Bertz CT molecular complexity index is 1340. The van der Waals surface area contributed by atoms with Crippen LogP contribution in [0, 0.1) is 0 Å². The molecule has 7 heteroatoms. The lowest BCUT2D eigenvalue weighted by atomic mass is 10.00. The molecular formula is C26H23ClN4O2. The van der Waals surface area contributed by atoms with Crippen molar-refractivity contribution in [2.75, 3.05) is 5.73 Å². The molecule has 0 heterocycles. The lowest BCUT2D eigenvalue weighted by molar-refractivity contribution is 0.0955. The summed E-state index contributed by atoms with van der Waals surface area (Å²) in [4.78, 5) is 12.3. The minimum absolute atomic E-state index is 0.0781. The van der Waals surface area contributed by atoms with E-state index in [0.717, 1.165) is 39.7 Å². The van der Waals surface area contributed by atoms with Gasteiger partial charge in [0, 0.05) is 29.9 Å². The molecule has 6 nitrogen and oxygen atoms in total. The molecule has 1 amide bonds. The Morgan fingerprint density at radius 2 is 1.79 bits per heavy atom. The first kappa shape index (κ1) is 22.3. The van der Waals surface area contributed by atoms with Gasteiger partial charge in [0.25, 0.3) is 5.91 Å². The number of phenols is 1. The molecule has 0 saturated carbocycles. The zero-order valence-corrected chi connectivity index (χ0v) is 18.5. The summed E-state index contributed by atoms with van der Waals surface area (Å²) >= 11 is 5.87. The Morgan fingerprint density at radius 3 is 2.58 bits per heavy atom. The SMILES string of the molecule is Nc1cccc(CNCc2ccc(/C=N/NC(=O)c3ccc(O)c(Cl)c3)c3ccccc23)c1. The van der Waals surface area contributed by atoms with Crippen LogP contribution >= 0.6 is 11.6 Å². The third kappa shape index (κ3) is 5.49. The molecule has 4 aromatic carbocycles. The molecule has 0 bridgehead atoms. The van der Waals surface area contributed by atoms with E-state index in [2.05, 4.69) is 28.0 Å². The topological polar surface area (TPSA) is 99.7 Å². The average Bonchev–Trinajstić information content (AvgIpc) is 2.82. The van der Waals surface area contributed by atoms with Gasteiger partial charge in [-0.25, -0.2) is 5.43 Å². The van der Waals surface area contributed by atoms with Crippen LogP contribution in [-0.4, -0.2) is 17.2 Å². The number of aromatic hydroxyl groups is 1. The summed E-state index contributed by atoms with van der Waals surface area (Å²) in [6.45, 7) is 1.42. The van der Waals surface area contributed by atoms with Gasteiger partial charge in [-0.05, 0) is 52.2 Å². The molecule has 4 rings (SSSR count). The molecule has 4 aromatic rings. The van der Waals surface area contributed by atoms with Crippen LogP contribution in [0.5, 0.6) is 5.75 Å². The van der Waals surface area contributed by atoms with Gasteiger partial charge in [0.15, 0.2) is 0 Å². The van der Waals surface area contributed by atoms with Crippen molar-refractivity contribution in [2.24, 2.45) is 5.10 Å². The number of phenolic OH excluding ortho intramolecular Hbond substituents is 1. The lowest BCUT2D eigenvalue weighted by Crippen LogP contribution is -2.17. The van der Waals surface area contributed by atoms with E-state index in [1.807, 2.05) is 48.5 Å². The van der Waals surface area contributed by atoms with Crippen LogP contribution in [0.25, 0.3) is 10.8 Å². The summed E-state index contributed by atoms with van der Waals surface area (Å²) in [5.74, 6) is -0.495. The molecule has 0 saturated heterocycles. The number of amides is 1. The predicted octanol–water partition coefficient (Wildman–Crippen LogP) is 4.83. The van der Waals surface area contributed by atoms with E-state index in [9.17, 15) is 9.90 Å². The van der Waals surface area contributed by atoms with Crippen LogP contribution in [-0.2, 0) is 13.1 Å². The highest BCUT2D eigenvalue weighted by Gasteiger charge is 2.08. The van der Waals surface area contributed by atoms with E-state index >= 15 is 0 Å². The quantitative estimate of drug-likeness (QED) is 0.181. The molecule has 0 fully saturated rings. The standard InChI is InChI=1S/C26H23ClN4O2/c27-24-13-18(10-11-25(24)32)26(33)31-30-16-20-9-8-19(22-6-1-2-7-23(20)22)15-29-14-17-4-3-5-21(28)12-17/h1-13,16,29,32H,14-15,28H2,(H,31,33)/b30-16+. The maximum absolute atomic E-state index is 12.3. The first-order valence-electron chi connectivity index (χ1n) is 10.4. The maximum Gasteiger partial charge on any atom is 0.271 e. The fourth-order valence-electron chi connectivity index (χ4n) is 3.57. The normalized spacial score (nSPS) is 11.2. The van der Waals surface area contributed by atoms with Crippen LogP contribution in [0.15, 0.2) is 84.0 Å². The number of rotatable bonds is 7. The maximum atomic E-state index is 12.3. The molecule has 33 heavy (non-hydrogen) atoms. The van der Waals surface area contributed by atoms with E-state index in [4.69, 9.17) is 17.3 Å². The minimum Gasteiger partial charge on any atom is -0.506 e. The van der Waals surface area contributed by atoms with Gasteiger partial charge in [-0.1, -0.05) is 60.1 Å². The summed E-state index contributed by atoms with van der Waals surface area (Å²) in [5.41, 5.74) is 12.6. The molecular weight excluding hydrogens is 436 g/mol. The second-order valence-electron chi connectivity index (χ2n) is 7.57. The first-order valence-corrected chi connectivity index (χ1v) is 10.8. The highest BCUT2D eigenvalue weighted by atomic mass is 35.5. The summed E-state index contributed by atoms with van der Waals surface area (Å²) in [6, 6.07) is 24.2. The number of hydrazone groups is 1. The summed E-state index contributed by atoms with van der Waals surface area (Å²) in [7, 11) is 0. The second-order valence-corrected chi connectivity index (χ2v) is 7.98. The molecule has 0 aliphatic rings. The van der Waals surface area contributed by atoms with Crippen molar-refractivity contribution in [1.29, 1.82) is 0 Å². The fourth-order valence-corrected chi connectivity index (χ4v) is 3.75. The van der Waals surface area contributed by atoms with Crippen LogP contribution in [0.3, 0.4) is 0 Å². The van der Waals surface area contributed by atoms with Crippen molar-refractivity contribution in [3.8, 4) is 5.75 Å². The number of nitrogens with zero attached hydrogens (tertiary/aromatic N) is 1. The zero-order valence-electron chi connectivity index (χ0n) is 17.8. The van der Waals surface area contributed by atoms with E-state index in [1.165, 1.54) is 18.2 Å². The van der Waals surface area contributed by atoms with Gasteiger partial charge in [-0.15, -0.1) is 0 Å². The summed E-state index contributed by atoms with van der Waals surface area (Å²) in [6.07, 6.45) is 1.62. The summed E-state index contributed by atoms with van der Waals surface area (Å²) in [5, 5.41) is 19.3.